The summed E-state index contributed by atoms with van der Waals surface area (Å²) in [5, 5.41) is 7.05. The third-order valence-corrected chi connectivity index (χ3v) is 3.50. The molecule has 6 nitrogen and oxygen atoms in total. The largest absolute Gasteiger partial charge is 0.353 e. The summed E-state index contributed by atoms with van der Waals surface area (Å²) >= 11 is 0. The third-order valence-electron chi connectivity index (χ3n) is 3.50. The van der Waals surface area contributed by atoms with E-state index in [0.29, 0.717) is 31.1 Å². The maximum absolute atomic E-state index is 12.6. The first kappa shape index (κ1) is 14.6. The maximum Gasteiger partial charge on any atom is 0.275 e. The topological polar surface area (TPSA) is 67.2 Å². The third kappa shape index (κ3) is 2.84. The van der Waals surface area contributed by atoms with Gasteiger partial charge in [-0.3, -0.25) is 14.3 Å². The molecule has 1 aliphatic rings. The molecule has 20 heavy (non-hydrogen) atoms. The van der Waals surface area contributed by atoms with Crippen LogP contribution in [0, 0.1) is 12.8 Å². The minimum Gasteiger partial charge on any atom is -0.353 e. The van der Waals surface area contributed by atoms with Crippen molar-refractivity contribution in [3.63, 3.8) is 0 Å². The minimum atomic E-state index is -0.391. The second-order valence-corrected chi connectivity index (χ2v) is 5.77. The number of aromatic nitrogens is 2. The minimum absolute atomic E-state index is 0.0631. The van der Waals surface area contributed by atoms with Gasteiger partial charge in [-0.15, -0.1) is 0 Å². The highest BCUT2D eigenvalue weighted by Crippen LogP contribution is 2.18. The summed E-state index contributed by atoms with van der Waals surface area (Å²) in [7, 11) is 1.79. The first-order valence-corrected chi connectivity index (χ1v) is 6.99. The number of aryl methyl sites for hydroxylation is 2. The van der Waals surface area contributed by atoms with Crippen molar-refractivity contribution >= 4 is 11.8 Å². The summed E-state index contributed by atoms with van der Waals surface area (Å²) in [6.07, 6.45) is 2.48. The van der Waals surface area contributed by atoms with Crippen LogP contribution < -0.4 is 5.32 Å². The van der Waals surface area contributed by atoms with Gasteiger partial charge in [0, 0.05) is 31.9 Å². The normalized spacial score (nSPS) is 19.4. The Morgan fingerprint density at radius 2 is 2.25 bits per heavy atom. The van der Waals surface area contributed by atoms with E-state index in [4.69, 9.17) is 0 Å². The SMILES string of the molecule is Cc1cn(C)nc1C(=O)N1CCNC(=O)[C@H]1CC(C)C. The molecule has 2 rings (SSSR count). The van der Waals surface area contributed by atoms with E-state index in [9.17, 15) is 9.59 Å². The van der Waals surface area contributed by atoms with Crippen molar-refractivity contribution in [2.75, 3.05) is 13.1 Å². The molecule has 0 bridgehead atoms. The average molecular weight is 278 g/mol. The van der Waals surface area contributed by atoms with E-state index in [1.165, 1.54) is 0 Å². The van der Waals surface area contributed by atoms with Crippen molar-refractivity contribution < 1.29 is 9.59 Å². The summed E-state index contributed by atoms with van der Waals surface area (Å²) < 4.78 is 1.63. The van der Waals surface area contributed by atoms with E-state index in [2.05, 4.69) is 24.3 Å². The lowest BCUT2D eigenvalue weighted by Crippen LogP contribution is -2.57. The standard InChI is InChI=1S/C14H22N4O2/c1-9(2)7-11-13(19)15-5-6-18(11)14(20)12-10(3)8-17(4)16-12/h8-9,11H,5-7H2,1-4H3,(H,15,19)/t11-/m1/s1. The van der Waals surface area contributed by atoms with Crippen LogP contribution in [0.2, 0.25) is 0 Å². The Hall–Kier alpha value is -1.85. The molecule has 1 aromatic rings. The van der Waals surface area contributed by atoms with Crippen LogP contribution in [-0.4, -0.2) is 45.6 Å². The lowest BCUT2D eigenvalue weighted by atomic mass is 9.99. The molecule has 1 saturated heterocycles. The fourth-order valence-corrected chi connectivity index (χ4v) is 2.59. The van der Waals surface area contributed by atoms with Gasteiger partial charge in [-0.2, -0.15) is 5.10 Å². The highest BCUT2D eigenvalue weighted by Gasteiger charge is 2.35. The van der Waals surface area contributed by atoms with Crippen molar-refractivity contribution in [3.8, 4) is 0 Å². The Morgan fingerprint density at radius 1 is 1.55 bits per heavy atom. The Morgan fingerprint density at radius 3 is 2.80 bits per heavy atom. The predicted molar refractivity (Wildman–Crippen MR) is 75.2 cm³/mol. The van der Waals surface area contributed by atoms with Gasteiger partial charge in [-0.05, 0) is 19.3 Å². The quantitative estimate of drug-likeness (QED) is 0.885. The molecule has 110 valence electrons. The van der Waals surface area contributed by atoms with Gasteiger partial charge in [-0.1, -0.05) is 13.8 Å². The summed E-state index contributed by atoms with van der Waals surface area (Å²) in [4.78, 5) is 26.3. The average Bonchev–Trinajstić information content (AvgIpc) is 2.70. The van der Waals surface area contributed by atoms with Crippen LogP contribution in [0.1, 0.15) is 36.3 Å². The summed E-state index contributed by atoms with van der Waals surface area (Å²) in [5.74, 6) is 0.138. The van der Waals surface area contributed by atoms with Gasteiger partial charge < -0.3 is 10.2 Å². The van der Waals surface area contributed by atoms with Crippen LogP contribution in [0.5, 0.6) is 0 Å². The first-order chi connectivity index (χ1) is 9.40. The highest BCUT2D eigenvalue weighted by molar-refractivity contribution is 5.97. The number of rotatable bonds is 3. The molecule has 0 unspecified atom stereocenters. The molecule has 0 aromatic carbocycles. The molecule has 1 atom stereocenters. The summed E-state index contributed by atoms with van der Waals surface area (Å²) in [6, 6.07) is -0.391. The van der Waals surface area contributed by atoms with E-state index in [1.54, 1.807) is 16.6 Å². The van der Waals surface area contributed by atoms with Crippen molar-refractivity contribution in [1.82, 2.24) is 20.0 Å². The van der Waals surface area contributed by atoms with Crippen molar-refractivity contribution in [2.24, 2.45) is 13.0 Å². The maximum atomic E-state index is 12.6. The number of carbonyl (C=O) groups is 2. The molecule has 1 aliphatic heterocycles. The fraction of sp³-hybridized carbons (Fsp3) is 0.643. The summed E-state index contributed by atoms with van der Waals surface area (Å²) in [5.41, 5.74) is 1.28. The Balaban J connectivity index is 2.25. The lowest BCUT2D eigenvalue weighted by Gasteiger charge is -2.35. The van der Waals surface area contributed by atoms with E-state index < -0.39 is 6.04 Å². The fourth-order valence-electron chi connectivity index (χ4n) is 2.59. The molecule has 1 N–H and O–H groups in total. The van der Waals surface area contributed by atoms with Crippen LogP contribution in [-0.2, 0) is 11.8 Å². The monoisotopic (exact) mass is 278 g/mol. The van der Waals surface area contributed by atoms with Crippen LogP contribution in [0.15, 0.2) is 6.20 Å². The molecule has 0 saturated carbocycles. The van der Waals surface area contributed by atoms with E-state index in [1.807, 2.05) is 13.1 Å². The Kier molecular flexibility index (Phi) is 4.11. The molecule has 0 spiro atoms. The van der Waals surface area contributed by atoms with Crippen molar-refractivity contribution in [1.29, 1.82) is 0 Å². The highest BCUT2D eigenvalue weighted by atomic mass is 16.2. The molecule has 1 aromatic heterocycles. The number of piperazine rings is 1. The van der Waals surface area contributed by atoms with Gasteiger partial charge in [0.05, 0.1) is 0 Å². The van der Waals surface area contributed by atoms with Crippen LogP contribution in [0.3, 0.4) is 0 Å². The number of hydrogen-bond donors (Lipinski definition) is 1. The zero-order valence-electron chi connectivity index (χ0n) is 12.5. The number of amides is 2. The van der Waals surface area contributed by atoms with Gasteiger partial charge in [-0.25, -0.2) is 0 Å². The zero-order valence-corrected chi connectivity index (χ0v) is 12.5. The predicted octanol–water partition coefficient (Wildman–Crippen LogP) is 0.715. The van der Waals surface area contributed by atoms with Gasteiger partial charge in [0.25, 0.3) is 5.91 Å². The molecule has 2 heterocycles. The van der Waals surface area contributed by atoms with Crippen LogP contribution >= 0.6 is 0 Å². The molecule has 6 heteroatoms. The lowest BCUT2D eigenvalue weighted by molar-refractivity contribution is -0.128. The first-order valence-electron chi connectivity index (χ1n) is 6.99. The van der Waals surface area contributed by atoms with Crippen LogP contribution in [0.4, 0.5) is 0 Å². The molecule has 0 radical (unpaired) electrons. The second kappa shape index (κ2) is 5.64. The van der Waals surface area contributed by atoms with E-state index in [-0.39, 0.29) is 11.8 Å². The smallest absolute Gasteiger partial charge is 0.275 e. The number of nitrogens with zero attached hydrogens (tertiary/aromatic N) is 3. The van der Waals surface area contributed by atoms with Crippen molar-refractivity contribution in [3.05, 3.63) is 17.5 Å². The summed E-state index contributed by atoms with van der Waals surface area (Å²) in [6.45, 7) is 7.01. The zero-order chi connectivity index (χ0) is 14.9. The van der Waals surface area contributed by atoms with Gasteiger partial charge in [0.15, 0.2) is 5.69 Å². The number of carbonyl (C=O) groups excluding carboxylic acids is 2. The Bertz CT molecular complexity index is 521. The second-order valence-electron chi connectivity index (χ2n) is 5.77. The molecule has 0 aliphatic carbocycles. The van der Waals surface area contributed by atoms with E-state index >= 15 is 0 Å². The van der Waals surface area contributed by atoms with E-state index in [0.717, 1.165) is 5.56 Å². The number of hydrogen-bond acceptors (Lipinski definition) is 3. The Labute approximate surface area is 119 Å². The van der Waals surface area contributed by atoms with Gasteiger partial charge in [0.1, 0.15) is 6.04 Å². The van der Waals surface area contributed by atoms with Gasteiger partial charge >= 0.3 is 0 Å². The van der Waals surface area contributed by atoms with Gasteiger partial charge in [0.2, 0.25) is 5.91 Å². The molecular weight excluding hydrogens is 256 g/mol. The molecule has 2 amide bonds. The molecular formula is C14H22N4O2. The van der Waals surface area contributed by atoms with Crippen LogP contribution in [0.25, 0.3) is 0 Å². The molecule has 1 fully saturated rings. The van der Waals surface area contributed by atoms with Crippen molar-refractivity contribution in [2.45, 2.75) is 33.2 Å². The number of nitrogens with one attached hydrogen (secondary N) is 1.